The minimum Gasteiger partial charge on any atom is -0.490 e. The van der Waals surface area contributed by atoms with Crippen LogP contribution in [0.1, 0.15) is 24.2 Å². The van der Waals surface area contributed by atoms with Crippen molar-refractivity contribution in [2.75, 3.05) is 18.5 Å². The van der Waals surface area contributed by atoms with Gasteiger partial charge >= 0.3 is 0 Å². The Kier molecular flexibility index (Phi) is 7.11. The van der Waals surface area contributed by atoms with Gasteiger partial charge in [-0.1, -0.05) is 42.5 Å². The van der Waals surface area contributed by atoms with Crippen molar-refractivity contribution in [2.45, 2.75) is 20.0 Å². The lowest BCUT2D eigenvalue weighted by Gasteiger charge is -2.16. The fourth-order valence-corrected chi connectivity index (χ4v) is 2.72. The van der Waals surface area contributed by atoms with Gasteiger partial charge in [-0.2, -0.15) is 0 Å². The molecule has 1 N–H and O–H groups in total. The molecule has 0 saturated heterocycles. The van der Waals surface area contributed by atoms with Gasteiger partial charge in [0.15, 0.2) is 0 Å². The molecule has 0 saturated carbocycles. The Bertz CT molecular complexity index is 925. The summed E-state index contributed by atoms with van der Waals surface area (Å²) in [4.78, 5) is 12.8. The molecule has 5 nitrogen and oxygen atoms in total. The largest absolute Gasteiger partial charge is 0.490 e. The summed E-state index contributed by atoms with van der Waals surface area (Å²) < 4.78 is 17.2. The first-order chi connectivity index (χ1) is 14.1. The standard InChI is InChI=1S/C24H25NO4/c1-18(2)29-23-15-9-7-13-21(23)25-24(26)20-12-6-8-14-22(20)28-17-16-27-19-10-4-3-5-11-19/h3-15,18H,16-17H2,1-2H3,(H,25,26). The molecule has 0 aliphatic heterocycles. The zero-order chi connectivity index (χ0) is 20.5. The van der Waals surface area contributed by atoms with Crippen LogP contribution >= 0.6 is 0 Å². The van der Waals surface area contributed by atoms with Crippen LogP contribution in [0.4, 0.5) is 5.69 Å². The number of carbonyl (C=O) groups is 1. The maximum Gasteiger partial charge on any atom is 0.259 e. The van der Waals surface area contributed by atoms with Gasteiger partial charge < -0.3 is 19.5 Å². The van der Waals surface area contributed by atoms with Gasteiger partial charge in [-0.05, 0) is 50.2 Å². The van der Waals surface area contributed by atoms with Crippen LogP contribution in [0.2, 0.25) is 0 Å². The number of carbonyl (C=O) groups excluding carboxylic acids is 1. The second-order valence-electron chi connectivity index (χ2n) is 6.62. The number of amides is 1. The van der Waals surface area contributed by atoms with E-state index in [2.05, 4.69) is 5.32 Å². The SMILES string of the molecule is CC(C)Oc1ccccc1NC(=O)c1ccccc1OCCOc1ccccc1. The van der Waals surface area contributed by atoms with Crippen LogP contribution in [-0.2, 0) is 0 Å². The molecule has 0 bridgehead atoms. The van der Waals surface area contributed by atoms with E-state index in [1.807, 2.05) is 74.5 Å². The minimum absolute atomic E-state index is 0.00767. The first-order valence-corrected chi connectivity index (χ1v) is 9.60. The Morgan fingerprint density at radius 1 is 0.793 bits per heavy atom. The number of hydrogen-bond acceptors (Lipinski definition) is 4. The highest BCUT2D eigenvalue weighted by molar-refractivity contribution is 6.06. The molecule has 0 fully saturated rings. The van der Waals surface area contributed by atoms with Gasteiger partial charge in [0.2, 0.25) is 0 Å². The Labute approximate surface area is 171 Å². The zero-order valence-electron chi connectivity index (χ0n) is 16.6. The molecule has 0 aliphatic rings. The molecule has 0 aromatic heterocycles. The number of benzene rings is 3. The molecular weight excluding hydrogens is 366 g/mol. The van der Waals surface area contributed by atoms with Crippen LogP contribution in [0.25, 0.3) is 0 Å². The second-order valence-corrected chi connectivity index (χ2v) is 6.62. The molecular formula is C24H25NO4. The van der Waals surface area contributed by atoms with Gasteiger partial charge in [-0.3, -0.25) is 4.79 Å². The summed E-state index contributed by atoms with van der Waals surface area (Å²) in [5.74, 6) is 1.66. The van der Waals surface area contributed by atoms with E-state index in [9.17, 15) is 4.79 Å². The van der Waals surface area contributed by atoms with Gasteiger partial charge in [0.25, 0.3) is 5.91 Å². The molecule has 3 rings (SSSR count). The number of hydrogen-bond donors (Lipinski definition) is 1. The number of ether oxygens (including phenoxy) is 3. The summed E-state index contributed by atoms with van der Waals surface area (Å²) in [6.45, 7) is 4.59. The quantitative estimate of drug-likeness (QED) is 0.511. The second kappa shape index (κ2) is 10.2. The van der Waals surface area contributed by atoms with Crippen molar-refractivity contribution in [1.82, 2.24) is 0 Å². The summed E-state index contributed by atoms with van der Waals surface area (Å²) in [5.41, 5.74) is 1.07. The van der Waals surface area contributed by atoms with E-state index >= 15 is 0 Å². The van der Waals surface area contributed by atoms with Crippen LogP contribution in [0.15, 0.2) is 78.9 Å². The molecule has 0 unspecified atom stereocenters. The maximum atomic E-state index is 12.8. The van der Waals surface area contributed by atoms with Gasteiger partial charge in [0.05, 0.1) is 17.4 Å². The third-order valence-corrected chi connectivity index (χ3v) is 3.98. The molecule has 150 valence electrons. The number of rotatable bonds is 9. The van der Waals surface area contributed by atoms with Crippen molar-refractivity contribution in [3.05, 3.63) is 84.4 Å². The van der Waals surface area contributed by atoms with Gasteiger partial charge in [0, 0.05) is 0 Å². The van der Waals surface area contributed by atoms with E-state index in [1.54, 1.807) is 18.2 Å². The van der Waals surface area contributed by atoms with E-state index < -0.39 is 0 Å². The van der Waals surface area contributed by atoms with E-state index in [4.69, 9.17) is 14.2 Å². The first kappa shape index (κ1) is 20.3. The number of anilines is 1. The highest BCUT2D eigenvalue weighted by Gasteiger charge is 2.15. The first-order valence-electron chi connectivity index (χ1n) is 9.60. The Morgan fingerprint density at radius 3 is 2.17 bits per heavy atom. The molecule has 1 amide bonds. The highest BCUT2D eigenvalue weighted by atomic mass is 16.5. The van der Waals surface area contributed by atoms with Crippen molar-refractivity contribution in [2.24, 2.45) is 0 Å². The molecule has 3 aromatic rings. The summed E-state index contributed by atoms with van der Waals surface area (Å²) in [7, 11) is 0. The predicted molar refractivity (Wildman–Crippen MR) is 114 cm³/mol. The molecule has 3 aromatic carbocycles. The fraction of sp³-hybridized carbons (Fsp3) is 0.208. The molecule has 0 radical (unpaired) electrons. The molecule has 0 aliphatic carbocycles. The third-order valence-electron chi connectivity index (χ3n) is 3.98. The van der Waals surface area contributed by atoms with Gasteiger partial charge in [-0.15, -0.1) is 0 Å². The van der Waals surface area contributed by atoms with Crippen LogP contribution in [0.3, 0.4) is 0 Å². The molecule has 0 spiro atoms. The summed E-state index contributed by atoms with van der Waals surface area (Å²) in [6.07, 6.45) is 0.00767. The Morgan fingerprint density at radius 2 is 1.41 bits per heavy atom. The van der Waals surface area contributed by atoms with E-state index in [1.165, 1.54) is 0 Å². The normalized spacial score (nSPS) is 10.4. The minimum atomic E-state index is -0.260. The average Bonchev–Trinajstić information content (AvgIpc) is 2.73. The lowest BCUT2D eigenvalue weighted by atomic mass is 10.1. The Balaban J connectivity index is 1.63. The smallest absolute Gasteiger partial charge is 0.259 e. The Hall–Kier alpha value is -3.47. The lowest BCUT2D eigenvalue weighted by molar-refractivity contribution is 0.102. The van der Waals surface area contributed by atoms with Crippen LogP contribution in [0, 0.1) is 0 Å². The third kappa shape index (κ3) is 6.01. The average molecular weight is 391 g/mol. The fourth-order valence-electron chi connectivity index (χ4n) is 2.72. The van der Waals surface area contributed by atoms with Crippen LogP contribution in [-0.4, -0.2) is 25.2 Å². The van der Waals surface area contributed by atoms with Crippen molar-refractivity contribution < 1.29 is 19.0 Å². The van der Waals surface area contributed by atoms with Gasteiger partial charge in [0.1, 0.15) is 30.5 Å². The van der Waals surface area contributed by atoms with E-state index in [0.29, 0.717) is 36.0 Å². The number of para-hydroxylation sites is 4. The van der Waals surface area contributed by atoms with Gasteiger partial charge in [-0.25, -0.2) is 0 Å². The van der Waals surface area contributed by atoms with E-state index in [-0.39, 0.29) is 12.0 Å². The molecule has 5 heteroatoms. The van der Waals surface area contributed by atoms with Crippen LogP contribution in [0.5, 0.6) is 17.2 Å². The van der Waals surface area contributed by atoms with Crippen molar-refractivity contribution in [3.8, 4) is 17.2 Å². The highest BCUT2D eigenvalue weighted by Crippen LogP contribution is 2.27. The van der Waals surface area contributed by atoms with Crippen LogP contribution < -0.4 is 19.5 Å². The monoisotopic (exact) mass is 391 g/mol. The maximum absolute atomic E-state index is 12.8. The van der Waals surface area contributed by atoms with Crippen molar-refractivity contribution in [3.63, 3.8) is 0 Å². The van der Waals surface area contributed by atoms with Crippen molar-refractivity contribution >= 4 is 11.6 Å². The molecule has 0 heterocycles. The van der Waals surface area contributed by atoms with E-state index in [0.717, 1.165) is 5.75 Å². The summed E-state index contributed by atoms with van der Waals surface area (Å²) in [5, 5.41) is 2.91. The molecule has 0 atom stereocenters. The number of nitrogens with one attached hydrogen (secondary N) is 1. The van der Waals surface area contributed by atoms with Crippen molar-refractivity contribution in [1.29, 1.82) is 0 Å². The summed E-state index contributed by atoms with van der Waals surface area (Å²) >= 11 is 0. The lowest BCUT2D eigenvalue weighted by Crippen LogP contribution is -2.17. The predicted octanol–water partition coefficient (Wildman–Crippen LogP) is 5.18. The summed E-state index contributed by atoms with van der Waals surface area (Å²) in [6, 6.07) is 24.0. The zero-order valence-corrected chi connectivity index (χ0v) is 16.6. The topological polar surface area (TPSA) is 56.8 Å². The molecule has 29 heavy (non-hydrogen) atoms.